The molecule has 0 fully saturated rings. The number of nitrogens with zero attached hydrogens (tertiary/aromatic N) is 3. The molecule has 0 bridgehead atoms. The van der Waals surface area contributed by atoms with E-state index < -0.39 is 0 Å². The highest BCUT2D eigenvalue weighted by atomic mass is 19.1. The van der Waals surface area contributed by atoms with Gasteiger partial charge in [0, 0.05) is 0 Å². The molecule has 0 aliphatic heterocycles. The van der Waals surface area contributed by atoms with Crippen LogP contribution in [0.3, 0.4) is 0 Å². The van der Waals surface area contributed by atoms with Crippen molar-refractivity contribution in [2.24, 2.45) is 5.10 Å². The summed E-state index contributed by atoms with van der Waals surface area (Å²) in [5.74, 6) is 0.139. The standard InChI is InChI=1S/C17H15FN4O/c1-12-20-15-7-2-3-8-16(15)22(12)11-17(23)21-19-10-13-5-4-6-14(18)9-13/h2-10H,11H2,1H3,(H,21,23)/b19-10-. The molecule has 3 rings (SSSR count). The monoisotopic (exact) mass is 310 g/mol. The van der Waals surface area contributed by atoms with E-state index in [2.05, 4.69) is 15.5 Å². The number of nitrogens with one attached hydrogen (secondary N) is 1. The molecule has 2 aromatic carbocycles. The normalized spacial score (nSPS) is 11.2. The molecular formula is C17H15FN4O. The number of fused-ring (bicyclic) bond motifs is 1. The van der Waals surface area contributed by atoms with Crippen LogP contribution >= 0.6 is 0 Å². The van der Waals surface area contributed by atoms with E-state index in [4.69, 9.17) is 0 Å². The van der Waals surface area contributed by atoms with E-state index in [1.165, 1.54) is 18.3 Å². The number of imidazole rings is 1. The molecule has 0 aliphatic carbocycles. The van der Waals surface area contributed by atoms with E-state index in [1.54, 1.807) is 12.1 Å². The number of hydrazone groups is 1. The first kappa shape index (κ1) is 14.9. The van der Waals surface area contributed by atoms with Crippen molar-refractivity contribution < 1.29 is 9.18 Å². The first-order valence-electron chi connectivity index (χ1n) is 7.13. The summed E-state index contributed by atoms with van der Waals surface area (Å²) in [5, 5.41) is 3.85. The largest absolute Gasteiger partial charge is 0.319 e. The minimum atomic E-state index is -0.346. The van der Waals surface area contributed by atoms with E-state index in [9.17, 15) is 9.18 Å². The Labute approximate surface area is 132 Å². The molecule has 0 saturated heterocycles. The number of halogens is 1. The zero-order valence-electron chi connectivity index (χ0n) is 12.5. The summed E-state index contributed by atoms with van der Waals surface area (Å²) in [6.45, 7) is 1.97. The number of hydrogen-bond donors (Lipinski definition) is 1. The Hall–Kier alpha value is -3.02. The van der Waals surface area contributed by atoms with Crippen LogP contribution in [0.1, 0.15) is 11.4 Å². The molecule has 116 valence electrons. The number of aromatic nitrogens is 2. The van der Waals surface area contributed by atoms with E-state index in [-0.39, 0.29) is 18.3 Å². The number of para-hydroxylation sites is 2. The minimum absolute atomic E-state index is 0.118. The summed E-state index contributed by atoms with van der Waals surface area (Å²) < 4.78 is 14.9. The van der Waals surface area contributed by atoms with Crippen LogP contribution in [0.15, 0.2) is 53.6 Å². The van der Waals surface area contributed by atoms with Gasteiger partial charge in [-0.3, -0.25) is 4.79 Å². The molecule has 23 heavy (non-hydrogen) atoms. The maximum absolute atomic E-state index is 13.0. The second-order valence-corrected chi connectivity index (χ2v) is 5.08. The van der Waals surface area contributed by atoms with Crippen molar-refractivity contribution in [1.29, 1.82) is 0 Å². The van der Waals surface area contributed by atoms with E-state index in [0.29, 0.717) is 5.56 Å². The smallest absolute Gasteiger partial charge is 0.260 e. The lowest BCUT2D eigenvalue weighted by atomic mass is 10.2. The molecule has 1 aromatic heterocycles. The predicted molar refractivity (Wildman–Crippen MR) is 86.6 cm³/mol. The zero-order chi connectivity index (χ0) is 16.2. The van der Waals surface area contributed by atoms with Gasteiger partial charge in [0.25, 0.3) is 5.91 Å². The lowest BCUT2D eigenvalue weighted by molar-refractivity contribution is -0.121. The molecular weight excluding hydrogens is 295 g/mol. The van der Waals surface area contributed by atoms with Crippen molar-refractivity contribution >= 4 is 23.2 Å². The van der Waals surface area contributed by atoms with Crippen LogP contribution in [0.5, 0.6) is 0 Å². The van der Waals surface area contributed by atoms with Gasteiger partial charge in [-0.1, -0.05) is 24.3 Å². The minimum Gasteiger partial charge on any atom is -0.319 e. The maximum Gasteiger partial charge on any atom is 0.260 e. The van der Waals surface area contributed by atoms with Gasteiger partial charge in [0.05, 0.1) is 17.2 Å². The fourth-order valence-corrected chi connectivity index (χ4v) is 2.34. The van der Waals surface area contributed by atoms with Crippen molar-refractivity contribution in [2.45, 2.75) is 13.5 Å². The highest BCUT2D eigenvalue weighted by Gasteiger charge is 2.09. The van der Waals surface area contributed by atoms with Crippen LogP contribution in [0.25, 0.3) is 11.0 Å². The highest BCUT2D eigenvalue weighted by Crippen LogP contribution is 2.14. The van der Waals surface area contributed by atoms with Crippen LogP contribution in [0.2, 0.25) is 0 Å². The second kappa shape index (κ2) is 6.39. The van der Waals surface area contributed by atoms with Crippen molar-refractivity contribution in [1.82, 2.24) is 15.0 Å². The van der Waals surface area contributed by atoms with E-state index >= 15 is 0 Å². The van der Waals surface area contributed by atoms with Crippen molar-refractivity contribution in [3.05, 3.63) is 65.7 Å². The molecule has 3 aromatic rings. The third-order valence-electron chi connectivity index (χ3n) is 3.40. The Bertz CT molecular complexity index is 885. The summed E-state index contributed by atoms with van der Waals surface area (Å²) in [5.41, 5.74) is 4.76. The molecule has 1 amide bonds. The van der Waals surface area contributed by atoms with Crippen molar-refractivity contribution in [2.75, 3.05) is 0 Å². The third-order valence-corrected chi connectivity index (χ3v) is 3.40. The Kier molecular flexibility index (Phi) is 4.14. The molecule has 6 heteroatoms. The molecule has 0 aliphatic rings. The molecule has 0 unspecified atom stereocenters. The third kappa shape index (κ3) is 3.42. The number of hydrogen-bond acceptors (Lipinski definition) is 3. The average Bonchev–Trinajstić information content (AvgIpc) is 2.83. The molecule has 0 spiro atoms. The van der Waals surface area contributed by atoms with Gasteiger partial charge in [-0.15, -0.1) is 0 Å². The van der Waals surface area contributed by atoms with Crippen LogP contribution in [0, 0.1) is 12.7 Å². The van der Waals surface area contributed by atoms with Gasteiger partial charge in [-0.25, -0.2) is 14.8 Å². The van der Waals surface area contributed by atoms with Crippen LogP contribution < -0.4 is 5.43 Å². The Balaban J connectivity index is 1.68. The summed E-state index contributed by atoms with van der Waals surface area (Å²) in [7, 11) is 0. The van der Waals surface area contributed by atoms with E-state index in [1.807, 2.05) is 35.8 Å². The quantitative estimate of drug-likeness (QED) is 0.595. The molecule has 1 N–H and O–H groups in total. The van der Waals surface area contributed by atoms with E-state index in [0.717, 1.165) is 16.9 Å². The highest BCUT2D eigenvalue weighted by molar-refractivity contribution is 5.83. The van der Waals surface area contributed by atoms with Gasteiger partial charge in [0.2, 0.25) is 0 Å². The summed E-state index contributed by atoms with van der Waals surface area (Å²) >= 11 is 0. The number of rotatable bonds is 4. The molecule has 1 heterocycles. The predicted octanol–water partition coefficient (Wildman–Crippen LogP) is 2.63. The van der Waals surface area contributed by atoms with Crippen LogP contribution in [-0.2, 0) is 11.3 Å². The average molecular weight is 310 g/mol. The van der Waals surface area contributed by atoms with Gasteiger partial charge < -0.3 is 4.57 Å². The van der Waals surface area contributed by atoms with Crippen molar-refractivity contribution in [3.8, 4) is 0 Å². The molecule has 0 atom stereocenters. The molecule has 0 radical (unpaired) electrons. The number of aryl methyl sites for hydroxylation is 1. The Morgan fingerprint density at radius 3 is 2.96 bits per heavy atom. The zero-order valence-corrected chi connectivity index (χ0v) is 12.5. The topological polar surface area (TPSA) is 59.3 Å². The van der Waals surface area contributed by atoms with Gasteiger partial charge in [0.1, 0.15) is 18.2 Å². The number of benzene rings is 2. The summed E-state index contributed by atoms with van der Waals surface area (Å²) in [6, 6.07) is 13.6. The summed E-state index contributed by atoms with van der Waals surface area (Å²) in [4.78, 5) is 16.4. The number of carbonyl (C=O) groups is 1. The lowest BCUT2D eigenvalue weighted by Crippen LogP contribution is -2.23. The van der Waals surface area contributed by atoms with Gasteiger partial charge in [-0.2, -0.15) is 5.10 Å². The van der Waals surface area contributed by atoms with Crippen LogP contribution in [0.4, 0.5) is 4.39 Å². The van der Waals surface area contributed by atoms with Gasteiger partial charge >= 0.3 is 0 Å². The Morgan fingerprint density at radius 2 is 2.13 bits per heavy atom. The molecule has 5 nitrogen and oxygen atoms in total. The fraction of sp³-hybridized carbons (Fsp3) is 0.118. The number of amides is 1. The first-order chi connectivity index (χ1) is 11.1. The van der Waals surface area contributed by atoms with Gasteiger partial charge in [-0.05, 0) is 36.8 Å². The Morgan fingerprint density at radius 1 is 1.30 bits per heavy atom. The maximum atomic E-state index is 13.0. The van der Waals surface area contributed by atoms with Gasteiger partial charge in [0.15, 0.2) is 0 Å². The molecule has 0 saturated carbocycles. The van der Waals surface area contributed by atoms with Crippen molar-refractivity contribution in [3.63, 3.8) is 0 Å². The van der Waals surface area contributed by atoms with Crippen LogP contribution in [-0.4, -0.2) is 21.7 Å². The second-order valence-electron chi connectivity index (χ2n) is 5.08. The summed E-state index contributed by atoms with van der Waals surface area (Å²) in [6.07, 6.45) is 1.40. The lowest BCUT2D eigenvalue weighted by Gasteiger charge is -2.05. The first-order valence-corrected chi connectivity index (χ1v) is 7.13. The fourth-order valence-electron chi connectivity index (χ4n) is 2.34. The SMILES string of the molecule is Cc1nc2ccccc2n1CC(=O)N/N=C\c1cccc(F)c1. The number of carbonyl (C=O) groups excluding carboxylic acids is 1.